The molecule has 2 aromatic rings. The molecule has 2 rings (SSSR count). The van der Waals surface area contributed by atoms with Crippen LogP contribution in [0.4, 0.5) is 4.79 Å². The van der Waals surface area contributed by atoms with Crippen LogP contribution in [-0.2, 0) is 32.3 Å². The zero-order valence-electron chi connectivity index (χ0n) is 24.0. The number of urea groups is 1. The number of hydrogen-bond acceptors (Lipinski definition) is 8. The minimum Gasteiger partial charge on any atom is -0.481 e. The summed E-state index contributed by atoms with van der Waals surface area (Å²) >= 11 is 0. The van der Waals surface area contributed by atoms with Crippen molar-refractivity contribution in [1.29, 1.82) is 0 Å². The molecule has 6 N–H and O–H groups in total. The van der Waals surface area contributed by atoms with E-state index in [0.29, 0.717) is 45.3 Å². The van der Waals surface area contributed by atoms with E-state index in [1.165, 1.54) is 0 Å². The first-order chi connectivity index (χ1) is 20.6. The predicted octanol–water partition coefficient (Wildman–Crippen LogP) is 2.01. The maximum Gasteiger partial charge on any atom is 0.326 e. The monoisotopic (exact) mass is 600 g/mol. The Hall–Kier alpha value is -4.59. The summed E-state index contributed by atoms with van der Waals surface area (Å²) in [6.45, 7) is 2.45. The highest BCUT2D eigenvalue weighted by Crippen LogP contribution is 2.09. The number of unbranched alkanes of at least 4 members (excludes halogenated alkanes) is 2. The normalized spacial score (nSPS) is 12.2. The van der Waals surface area contributed by atoms with Gasteiger partial charge in [0.1, 0.15) is 12.1 Å². The molecule has 0 aliphatic heterocycles. The predicted molar refractivity (Wildman–Crippen MR) is 155 cm³/mol. The molecule has 0 aliphatic rings. The standard InChI is InChI=1S/C29H40N6O8/c36-25(12-4-8-18-35(19-21-9-1-5-15-30-21)20-22-10-2-6-16-31-22)32-17-7-3-11-23(27(39)40)33-29(43)34-24(28(41)42)13-14-26(37)38/h1-2,5-6,9-10,15-16,23-24H,3-4,7-8,11-14,17-20H2,(H,32,36)(H,37,38)(H,39,40)(H,41,42)(H2,33,34,43). The van der Waals surface area contributed by atoms with E-state index in [1.54, 1.807) is 12.4 Å². The van der Waals surface area contributed by atoms with Gasteiger partial charge in [-0.2, -0.15) is 0 Å². The molecule has 14 heteroatoms. The molecule has 3 amide bonds. The Bertz CT molecular complexity index is 1130. The summed E-state index contributed by atoms with van der Waals surface area (Å²) in [4.78, 5) is 68.8. The number of carboxylic acid groups (broad SMARTS) is 3. The minimum absolute atomic E-state index is 0.0634. The fourth-order valence-electron chi connectivity index (χ4n) is 4.21. The molecule has 2 heterocycles. The fraction of sp³-hybridized carbons (Fsp3) is 0.483. The topological polar surface area (TPSA) is 211 Å². The molecule has 234 valence electrons. The molecule has 43 heavy (non-hydrogen) atoms. The van der Waals surface area contributed by atoms with E-state index in [-0.39, 0.29) is 18.7 Å². The number of nitrogens with zero attached hydrogens (tertiary/aromatic N) is 3. The Labute approximate surface area is 249 Å². The molecule has 0 saturated heterocycles. The van der Waals surface area contributed by atoms with Gasteiger partial charge in [0.05, 0.1) is 11.4 Å². The Kier molecular flexibility index (Phi) is 15.7. The third-order valence-electron chi connectivity index (χ3n) is 6.45. The first-order valence-corrected chi connectivity index (χ1v) is 14.2. The number of carbonyl (C=O) groups is 5. The maximum atomic E-state index is 12.3. The van der Waals surface area contributed by atoms with Crippen LogP contribution in [0.5, 0.6) is 0 Å². The lowest BCUT2D eigenvalue weighted by atomic mass is 10.1. The Morgan fingerprint density at radius 3 is 1.81 bits per heavy atom. The summed E-state index contributed by atoms with van der Waals surface area (Å²) in [5.74, 6) is -4.04. The lowest BCUT2D eigenvalue weighted by Gasteiger charge is -2.21. The van der Waals surface area contributed by atoms with Gasteiger partial charge in [0, 0.05) is 44.9 Å². The lowest BCUT2D eigenvalue weighted by Crippen LogP contribution is -2.51. The van der Waals surface area contributed by atoms with Crippen molar-refractivity contribution in [2.24, 2.45) is 0 Å². The minimum atomic E-state index is -1.47. The van der Waals surface area contributed by atoms with Crippen molar-refractivity contribution < 1.29 is 39.3 Å². The molecular weight excluding hydrogens is 560 g/mol. The van der Waals surface area contributed by atoms with Crippen molar-refractivity contribution >= 4 is 29.8 Å². The first-order valence-electron chi connectivity index (χ1n) is 14.2. The van der Waals surface area contributed by atoms with E-state index >= 15 is 0 Å². The summed E-state index contributed by atoms with van der Waals surface area (Å²) in [5.41, 5.74) is 1.91. The lowest BCUT2D eigenvalue weighted by molar-refractivity contribution is -0.140. The largest absolute Gasteiger partial charge is 0.481 e. The van der Waals surface area contributed by atoms with E-state index in [2.05, 4.69) is 30.8 Å². The number of carboxylic acids is 3. The van der Waals surface area contributed by atoms with Crippen LogP contribution in [0.1, 0.15) is 62.8 Å². The van der Waals surface area contributed by atoms with E-state index in [9.17, 15) is 29.1 Å². The molecule has 2 atom stereocenters. The SMILES string of the molecule is O=C(O)CCC(NC(=O)NC(CCCCNC(=O)CCCCN(Cc1ccccn1)Cc1ccccn1)C(=O)O)C(=O)O. The van der Waals surface area contributed by atoms with Crippen LogP contribution >= 0.6 is 0 Å². The Morgan fingerprint density at radius 1 is 0.721 bits per heavy atom. The van der Waals surface area contributed by atoms with Gasteiger partial charge < -0.3 is 31.3 Å². The van der Waals surface area contributed by atoms with Crippen molar-refractivity contribution in [2.75, 3.05) is 13.1 Å². The van der Waals surface area contributed by atoms with Crippen LogP contribution in [0.15, 0.2) is 48.8 Å². The number of aromatic nitrogens is 2. The average molecular weight is 601 g/mol. The van der Waals surface area contributed by atoms with Crippen LogP contribution in [0.2, 0.25) is 0 Å². The molecule has 2 unspecified atom stereocenters. The third kappa shape index (κ3) is 15.3. The van der Waals surface area contributed by atoms with Crippen LogP contribution in [-0.4, -0.2) is 85.2 Å². The second-order valence-corrected chi connectivity index (χ2v) is 9.99. The Balaban J connectivity index is 1.66. The molecular formula is C29H40N6O8. The van der Waals surface area contributed by atoms with Gasteiger partial charge in [0.15, 0.2) is 0 Å². The van der Waals surface area contributed by atoms with E-state index in [0.717, 1.165) is 24.4 Å². The van der Waals surface area contributed by atoms with E-state index in [4.69, 9.17) is 10.2 Å². The maximum absolute atomic E-state index is 12.3. The molecule has 0 fully saturated rings. The molecule has 0 bridgehead atoms. The zero-order chi connectivity index (χ0) is 31.5. The van der Waals surface area contributed by atoms with Crippen LogP contribution in [0.25, 0.3) is 0 Å². The van der Waals surface area contributed by atoms with Crippen LogP contribution in [0.3, 0.4) is 0 Å². The van der Waals surface area contributed by atoms with Crippen molar-refractivity contribution in [3.8, 4) is 0 Å². The van der Waals surface area contributed by atoms with Gasteiger partial charge in [0.2, 0.25) is 5.91 Å². The zero-order valence-corrected chi connectivity index (χ0v) is 24.0. The highest BCUT2D eigenvalue weighted by atomic mass is 16.4. The summed E-state index contributed by atoms with van der Waals surface area (Å²) in [6, 6.07) is 7.84. The second kappa shape index (κ2) is 19.5. The van der Waals surface area contributed by atoms with Gasteiger partial charge in [0.25, 0.3) is 0 Å². The number of amides is 3. The van der Waals surface area contributed by atoms with Gasteiger partial charge in [-0.25, -0.2) is 14.4 Å². The molecule has 14 nitrogen and oxygen atoms in total. The molecule has 2 aromatic heterocycles. The second-order valence-electron chi connectivity index (χ2n) is 9.99. The van der Waals surface area contributed by atoms with E-state index < -0.39 is 42.4 Å². The van der Waals surface area contributed by atoms with E-state index in [1.807, 2.05) is 36.4 Å². The fourth-order valence-corrected chi connectivity index (χ4v) is 4.21. The number of hydrogen-bond donors (Lipinski definition) is 6. The van der Waals surface area contributed by atoms with Crippen molar-refractivity contribution in [2.45, 2.75) is 76.5 Å². The summed E-state index contributed by atoms with van der Waals surface area (Å²) in [6.07, 6.45) is 5.49. The first kappa shape index (κ1) is 34.6. The van der Waals surface area contributed by atoms with Crippen molar-refractivity contribution in [1.82, 2.24) is 30.8 Å². The summed E-state index contributed by atoms with van der Waals surface area (Å²) in [5, 5.41) is 34.3. The number of nitrogens with one attached hydrogen (secondary N) is 3. The Morgan fingerprint density at radius 2 is 1.30 bits per heavy atom. The number of carbonyl (C=O) groups excluding carboxylic acids is 2. The van der Waals surface area contributed by atoms with Crippen LogP contribution in [0, 0.1) is 0 Å². The molecule has 0 radical (unpaired) electrons. The number of rotatable bonds is 21. The number of pyridine rings is 2. The summed E-state index contributed by atoms with van der Waals surface area (Å²) in [7, 11) is 0. The molecule has 0 aliphatic carbocycles. The number of aliphatic carboxylic acids is 3. The summed E-state index contributed by atoms with van der Waals surface area (Å²) < 4.78 is 0. The van der Waals surface area contributed by atoms with Gasteiger partial charge >= 0.3 is 23.9 Å². The van der Waals surface area contributed by atoms with Gasteiger partial charge in [-0.3, -0.25) is 24.5 Å². The van der Waals surface area contributed by atoms with Gasteiger partial charge in [-0.05, 0) is 69.3 Å². The molecule has 0 aromatic carbocycles. The quantitative estimate of drug-likeness (QED) is 0.114. The third-order valence-corrected chi connectivity index (χ3v) is 6.45. The van der Waals surface area contributed by atoms with Crippen molar-refractivity contribution in [3.63, 3.8) is 0 Å². The highest BCUT2D eigenvalue weighted by Gasteiger charge is 2.24. The van der Waals surface area contributed by atoms with Gasteiger partial charge in [-0.1, -0.05) is 12.1 Å². The smallest absolute Gasteiger partial charge is 0.326 e. The molecule has 0 spiro atoms. The van der Waals surface area contributed by atoms with Gasteiger partial charge in [-0.15, -0.1) is 0 Å². The highest BCUT2D eigenvalue weighted by molar-refractivity contribution is 5.86. The average Bonchev–Trinajstić information content (AvgIpc) is 2.97. The van der Waals surface area contributed by atoms with Crippen LogP contribution < -0.4 is 16.0 Å². The van der Waals surface area contributed by atoms with Crippen molar-refractivity contribution in [3.05, 3.63) is 60.2 Å². The molecule has 0 saturated carbocycles.